The first-order valence-corrected chi connectivity index (χ1v) is 10.1. The van der Waals surface area contributed by atoms with Crippen molar-refractivity contribution in [2.24, 2.45) is 0 Å². The third-order valence-corrected chi connectivity index (χ3v) is 5.07. The van der Waals surface area contributed by atoms with Crippen molar-refractivity contribution in [1.29, 1.82) is 0 Å². The van der Waals surface area contributed by atoms with Crippen molar-refractivity contribution < 1.29 is 4.79 Å². The minimum atomic E-state index is -0.0986. The molecule has 0 bridgehead atoms. The zero-order valence-electron chi connectivity index (χ0n) is 17.8. The van der Waals surface area contributed by atoms with Crippen molar-refractivity contribution in [3.63, 3.8) is 0 Å². The first-order chi connectivity index (χ1) is 14.4. The van der Waals surface area contributed by atoms with E-state index in [1.54, 1.807) is 10.9 Å². The lowest BCUT2D eigenvalue weighted by molar-refractivity contribution is -0.122. The van der Waals surface area contributed by atoms with Gasteiger partial charge in [0, 0.05) is 23.8 Å². The highest BCUT2D eigenvalue weighted by atomic mass is 16.2. The lowest BCUT2D eigenvalue weighted by atomic mass is 10.0. The summed E-state index contributed by atoms with van der Waals surface area (Å²) in [5.74, 6) is -0.0986. The first kappa shape index (κ1) is 19.8. The molecule has 4 rings (SSSR count). The van der Waals surface area contributed by atoms with Gasteiger partial charge in [0.2, 0.25) is 5.91 Å². The average Bonchev–Trinajstić information content (AvgIpc) is 3.24. The molecule has 1 amide bonds. The van der Waals surface area contributed by atoms with Crippen molar-refractivity contribution in [2.75, 3.05) is 0 Å². The van der Waals surface area contributed by atoms with Gasteiger partial charge >= 0.3 is 0 Å². The number of aromatic nitrogens is 5. The van der Waals surface area contributed by atoms with Gasteiger partial charge in [0.25, 0.3) is 0 Å². The lowest BCUT2D eigenvalue weighted by Crippen LogP contribution is -2.38. The van der Waals surface area contributed by atoms with E-state index in [-0.39, 0.29) is 18.5 Å². The Labute approximate surface area is 175 Å². The fourth-order valence-corrected chi connectivity index (χ4v) is 3.79. The van der Waals surface area contributed by atoms with Crippen LogP contribution in [0.3, 0.4) is 0 Å². The summed E-state index contributed by atoms with van der Waals surface area (Å²) in [6, 6.07) is 12.3. The van der Waals surface area contributed by atoms with Crippen LogP contribution in [0.1, 0.15) is 23.9 Å². The SMILES string of the molecule is Cc1cccc(-c2ccnc3c2c(C)nn3CC(=O)NC(C)Cn2ccc(C)n2)c1. The maximum Gasteiger partial charge on any atom is 0.242 e. The van der Waals surface area contributed by atoms with Crippen LogP contribution in [0.5, 0.6) is 0 Å². The molecule has 1 N–H and O–H groups in total. The molecule has 30 heavy (non-hydrogen) atoms. The number of rotatable bonds is 6. The summed E-state index contributed by atoms with van der Waals surface area (Å²) < 4.78 is 3.52. The minimum Gasteiger partial charge on any atom is -0.350 e. The van der Waals surface area contributed by atoms with Crippen LogP contribution in [-0.4, -0.2) is 36.5 Å². The van der Waals surface area contributed by atoms with Gasteiger partial charge in [-0.1, -0.05) is 29.8 Å². The van der Waals surface area contributed by atoms with Crippen molar-refractivity contribution >= 4 is 16.9 Å². The molecule has 1 atom stereocenters. The van der Waals surface area contributed by atoms with Crippen LogP contribution in [0.25, 0.3) is 22.2 Å². The summed E-state index contributed by atoms with van der Waals surface area (Å²) in [5.41, 5.74) is 5.94. The molecular weight excluding hydrogens is 376 g/mol. The summed E-state index contributed by atoms with van der Waals surface area (Å²) in [4.78, 5) is 17.2. The van der Waals surface area contributed by atoms with Gasteiger partial charge in [-0.15, -0.1) is 0 Å². The molecule has 0 radical (unpaired) electrons. The summed E-state index contributed by atoms with van der Waals surface area (Å²) in [6.07, 6.45) is 3.69. The lowest BCUT2D eigenvalue weighted by Gasteiger charge is -2.14. The number of pyridine rings is 1. The molecule has 3 aromatic heterocycles. The van der Waals surface area contributed by atoms with Crippen LogP contribution >= 0.6 is 0 Å². The summed E-state index contributed by atoms with van der Waals surface area (Å²) in [7, 11) is 0. The highest BCUT2D eigenvalue weighted by molar-refractivity contribution is 5.95. The normalized spacial score (nSPS) is 12.3. The van der Waals surface area contributed by atoms with Crippen LogP contribution in [0.4, 0.5) is 0 Å². The van der Waals surface area contributed by atoms with Gasteiger partial charge in [-0.05, 0) is 51.0 Å². The number of fused-ring (bicyclic) bond motifs is 1. The first-order valence-electron chi connectivity index (χ1n) is 10.1. The molecule has 1 unspecified atom stereocenters. The van der Waals surface area contributed by atoms with E-state index < -0.39 is 0 Å². The molecule has 0 aliphatic carbocycles. The quantitative estimate of drug-likeness (QED) is 0.536. The molecule has 0 saturated heterocycles. The van der Waals surface area contributed by atoms with Crippen molar-refractivity contribution in [3.05, 3.63) is 65.7 Å². The van der Waals surface area contributed by atoms with Gasteiger partial charge < -0.3 is 5.32 Å². The molecule has 0 saturated carbocycles. The molecule has 1 aromatic carbocycles. The Bertz CT molecular complexity index is 1210. The Morgan fingerprint density at radius 1 is 1.13 bits per heavy atom. The van der Waals surface area contributed by atoms with Crippen LogP contribution < -0.4 is 5.32 Å². The van der Waals surface area contributed by atoms with Crippen molar-refractivity contribution in [1.82, 2.24) is 29.9 Å². The number of nitrogens with one attached hydrogen (secondary N) is 1. The second-order valence-corrected chi connectivity index (χ2v) is 7.82. The van der Waals surface area contributed by atoms with Crippen LogP contribution in [0.15, 0.2) is 48.8 Å². The van der Waals surface area contributed by atoms with Crippen LogP contribution in [0, 0.1) is 20.8 Å². The number of hydrogen-bond acceptors (Lipinski definition) is 4. The molecule has 7 heteroatoms. The van der Waals surface area contributed by atoms with E-state index in [4.69, 9.17) is 0 Å². The Morgan fingerprint density at radius 2 is 1.97 bits per heavy atom. The number of carbonyl (C=O) groups excluding carboxylic acids is 1. The van der Waals surface area contributed by atoms with E-state index in [9.17, 15) is 4.79 Å². The van der Waals surface area contributed by atoms with E-state index in [0.29, 0.717) is 6.54 Å². The molecule has 4 aromatic rings. The summed E-state index contributed by atoms with van der Waals surface area (Å²) >= 11 is 0. The topological polar surface area (TPSA) is 77.6 Å². The van der Waals surface area contributed by atoms with Gasteiger partial charge in [0.05, 0.1) is 17.9 Å². The van der Waals surface area contributed by atoms with E-state index in [1.807, 2.05) is 49.8 Å². The Hall–Kier alpha value is -3.48. The maximum atomic E-state index is 12.6. The molecule has 154 valence electrons. The Morgan fingerprint density at radius 3 is 2.70 bits per heavy atom. The monoisotopic (exact) mass is 402 g/mol. The van der Waals surface area contributed by atoms with Crippen molar-refractivity contribution in [3.8, 4) is 11.1 Å². The number of amides is 1. The van der Waals surface area contributed by atoms with Crippen LogP contribution in [0.2, 0.25) is 0 Å². The predicted molar refractivity (Wildman–Crippen MR) is 117 cm³/mol. The van der Waals surface area contributed by atoms with Gasteiger partial charge in [-0.25, -0.2) is 9.67 Å². The van der Waals surface area contributed by atoms with Crippen molar-refractivity contribution in [2.45, 2.75) is 46.8 Å². The standard InChI is InChI=1S/C23H26N6O/c1-15-6-5-7-19(12-15)20-8-10-24-23-22(20)18(4)27-29(23)14-21(30)25-17(3)13-28-11-9-16(2)26-28/h5-12,17H,13-14H2,1-4H3,(H,25,30). The fourth-order valence-electron chi connectivity index (χ4n) is 3.79. The number of hydrogen-bond donors (Lipinski definition) is 1. The Kier molecular flexibility index (Phi) is 5.35. The molecule has 0 spiro atoms. The summed E-state index contributed by atoms with van der Waals surface area (Å²) in [5, 5.41) is 13.0. The zero-order valence-corrected chi connectivity index (χ0v) is 17.8. The third-order valence-electron chi connectivity index (χ3n) is 5.07. The number of benzene rings is 1. The maximum absolute atomic E-state index is 12.6. The van der Waals surface area contributed by atoms with E-state index in [1.165, 1.54) is 5.56 Å². The molecule has 0 aliphatic heterocycles. The Balaban J connectivity index is 1.55. The highest BCUT2D eigenvalue weighted by Crippen LogP contribution is 2.30. The third kappa shape index (κ3) is 4.10. The predicted octanol–water partition coefficient (Wildman–Crippen LogP) is 3.42. The molecule has 3 heterocycles. The van der Waals surface area contributed by atoms with Gasteiger partial charge in [0.15, 0.2) is 5.65 Å². The second kappa shape index (κ2) is 8.10. The van der Waals surface area contributed by atoms with E-state index in [0.717, 1.165) is 33.5 Å². The molecule has 0 aliphatic rings. The van der Waals surface area contributed by atoms with E-state index in [2.05, 4.69) is 45.6 Å². The molecular formula is C23H26N6O. The largest absolute Gasteiger partial charge is 0.350 e. The number of carbonyl (C=O) groups is 1. The summed E-state index contributed by atoms with van der Waals surface area (Å²) in [6.45, 7) is 8.69. The van der Waals surface area contributed by atoms with Crippen LogP contribution in [-0.2, 0) is 17.9 Å². The van der Waals surface area contributed by atoms with Gasteiger partial charge in [-0.3, -0.25) is 9.48 Å². The molecule has 7 nitrogen and oxygen atoms in total. The smallest absolute Gasteiger partial charge is 0.242 e. The fraction of sp³-hybridized carbons (Fsp3) is 0.304. The minimum absolute atomic E-state index is 0.0458. The second-order valence-electron chi connectivity index (χ2n) is 7.82. The van der Waals surface area contributed by atoms with Gasteiger partial charge in [-0.2, -0.15) is 10.2 Å². The van der Waals surface area contributed by atoms with Gasteiger partial charge in [0.1, 0.15) is 6.54 Å². The average molecular weight is 403 g/mol. The zero-order chi connectivity index (χ0) is 21.3. The number of aryl methyl sites for hydroxylation is 3. The van der Waals surface area contributed by atoms with E-state index >= 15 is 0 Å². The number of nitrogens with zero attached hydrogens (tertiary/aromatic N) is 5. The molecule has 0 fully saturated rings. The highest BCUT2D eigenvalue weighted by Gasteiger charge is 2.17.